The molecule has 0 aliphatic carbocycles. The van der Waals surface area contributed by atoms with E-state index in [0.29, 0.717) is 0 Å². The third-order valence-corrected chi connectivity index (χ3v) is 0. The number of hydrogen-bond donors (Lipinski definition) is 3. The largest absolute Gasteiger partial charge is 0.631 e. The smallest absolute Gasteiger partial charge is 0.402 e. The van der Waals surface area contributed by atoms with Crippen LogP contribution in [-0.4, -0.2) is 22.4 Å². The van der Waals surface area contributed by atoms with Gasteiger partial charge < -0.3 is 15.1 Å². The van der Waals surface area contributed by atoms with E-state index in [0.717, 1.165) is 0 Å². The van der Waals surface area contributed by atoms with Crippen molar-refractivity contribution in [2.45, 2.75) is 0 Å². The maximum absolute atomic E-state index is 7.17. The van der Waals surface area contributed by atoms with Gasteiger partial charge in [-0.25, -0.2) is 0 Å². The molecule has 0 aromatic rings. The Morgan fingerprint density at radius 2 is 1.00 bits per heavy atom. The summed E-state index contributed by atoms with van der Waals surface area (Å²) in [5.74, 6) is 0. The predicted octanol–water partition coefficient (Wildman–Crippen LogP) is -2.05. The van der Waals surface area contributed by atoms with E-state index in [2.05, 4.69) is 0 Å². The average molecular weight is 114 g/mol. The topological polar surface area (TPSA) is 60.7 Å². The maximum Gasteiger partial charge on any atom is 0.631 e. The van der Waals surface area contributed by atoms with Gasteiger partial charge in [0.1, 0.15) is 0 Å². The Kier molecular flexibility index (Phi) is 8.13. The van der Waals surface area contributed by atoms with E-state index in [1.165, 1.54) is 0 Å². The van der Waals surface area contributed by atoms with Crippen LogP contribution in [0, 0.1) is 0 Å². The van der Waals surface area contributed by atoms with Gasteiger partial charge in [-0.1, -0.05) is 0 Å². The fourth-order valence-corrected chi connectivity index (χ4v) is 0. The molecule has 0 atom stereocenters. The Balaban J connectivity index is 0. The maximum atomic E-state index is 7.17. The molecule has 0 aromatic carbocycles. The van der Waals surface area contributed by atoms with Gasteiger partial charge in [0.05, 0.1) is 0 Å². The van der Waals surface area contributed by atoms with Gasteiger partial charge in [-0.15, -0.1) is 0 Å². The second-order valence-corrected chi connectivity index (χ2v) is 0.346. The molecule has 0 rings (SSSR count). The van der Waals surface area contributed by atoms with Gasteiger partial charge in [0.2, 0.25) is 0 Å². The molecule has 0 fully saturated rings. The van der Waals surface area contributed by atoms with E-state index in [9.17, 15) is 0 Å². The van der Waals surface area contributed by atoms with Crippen molar-refractivity contribution in [3.63, 3.8) is 0 Å². The van der Waals surface area contributed by atoms with Gasteiger partial charge in [-0.05, 0) is 0 Å². The Bertz CT molecular complexity index is 11.6. The van der Waals surface area contributed by atoms with E-state index in [4.69, 9.17) is 15.1 Å². The Morgan fingerprint density at radius 1 is 1.00 bits per heavy atom. The van der Waals surface area contributed by atoms with Gasteiger partial charge >= 0.3 is 7.32 Å². The molecule has 5 heavy (non-hydrogen) atoms. The van der Waals surface area contributed by atoms with Crippen molar-refractivity contribution in [3.8, 4) is 0 Å². The van der Waals surface area contributed by atoms with Crippen LogP contribution in [0.15, 0.2) is 0 Å². The van der Waals surface area contributed by atoms with Crippen molar-refractivity contribution in [2.75, 3.05) is 0 Å². The van der Waals surface area contributed by atoms with E-state index in [-0.39, 0.29) is 17.4 Å². The van der Waals surface area contributed by atoms with Crippen molar-refractivity contribution >= 4 is 7.32 Å². The van der Waals surface area contributed by atoms with Crippen molar-refractivity contribution in [1.82, 2.24) is 0 Å². The summed E-state index contributed by atoms with van der Waals surface area (Å²) in [5, 5.41) is 21.5. The normalized spacial score (nSPS) is 5.40. The minimum atomic E-state index is -2.17. The zero-order valence-corrected chi connectivity index (χ0v) is 3.60. The molecular formula is H3BCrO3. The minimum absolute atomic E-state index is 0. The third kappa shape index (κ3) is 121. The van der Waals surface area contributed by atoms with E-state index >= 15 is 0 Å². The molecule has 0 saturated heterocycles. The number of rotatable bonds is 0. The fraction of sp³-hybridized carbons (Fsp3) is 0. The average Bonchev–Trinajstić information content (AvgIpc) is 0.811. The van der Waals surface area contributed by atoms with Crippen LogP contribution in [0.5, 0.6) is 0 Å². The summed E-state index contributed by atoms with van der Waals surface area (Å²) in [7, 11) is -2.17. The molecule has 5 heteroatoms. The molecule has 0 aromatic heterocycles. The van der Waals surface area contributed by atoms with Crippen molar-refractivity contribution in [2.24, 2.45) is 0 Å². The standard InChI is InChI=1S/BH3O3.Cr/c2-1(3)4;/h2-4H;. The molecule has 3 nitrogen and oxygen atoms in total. The van der Waals surface area contributed by atoms with Gasteiger partial charge in [-0.3, -0.25) is 0 Å². The summed E-state index contributed by atoms with van der Waals surface area (Å²) in [6.07, 6.45) is 0. The fourth-order valence-electron chi connectivity index (χ4n) is 0. The summed E-state index contributed by atoms with van der Waals surface area (Å²) in [5.41, 5.74) is 0. The van der Waals surface area contributed by atoms with Gasteiger partial charge in [0.15, 0.2) is 0 Å². The van der Waals surface area contributed by atoms with Crippen molar-refractivity contribution in [1.29, 1.82) is 0 Å². The SMILES string of the molecule is OB(O)O.[Cr]. The van der Waals surface area contributed by atoms with E-state index in [1.807, 2.05) is 0 Å². The Labute approximate surface area is 40.6 Å². The first-order chi connectivity index (χ1) is 1.73. The first-order valence-corrected chi connectivity index (χ1v) is 0.775. The molecule has 0 bridgehead atoms. The molecule has 0 radical (unpaired) electrons. The van der Waals surface area contributed by atoms with Crippen LogP contribution in [0.25, 0.3) is 0 Å². The molecule has 0 spiro atoms. The Hall–Kier alpha value is 0.477. The van der Waals surface area contributed by atoms with Crippen LogP contribution in [0.4, 0.5) is 0 Å². The van der Waals surface area contributed by atoms with Crippen molar-refractivity contribution < 1.29 is 32.4 Å². The molecule has 0 heterocycles. The summed E-state index contributed by atoms with van der Waals surface area (Å²) < 4.78 is 0. The van der Waals surface area contributed by atoms with Crippen LogP contribution in [0.1, 0.15) is 0 Å². The molecule has 0 aliphatic heterocycles. The first kappa shape index (κ1) is 9.08. The summed E-state index contributed by atoms with van der Waals surface area (Å²) in [4.78, 5) is 0. The molecule has 0 aliphatic rings. The minimum Gasteiger partial charge on any atom is -0.402 e. The molecule has 0 unspecified atom stereocenters. The van der Waals surface area contributed by atoms with Crippen LogP contribution >= 0.6 is 0 Å². The van der Waals surface area contributed by atoms with Crippen LogP contribution in [0.3, 0.4) is 0 Å². The second kappa shape index (κ2) is 4.48. The van der Waals surface area contributed by atoms with Gasteiger partial charge in [0, 0.05) is 17.4 Å². The monoisotopic (exact) mass is 114 g/mol. The van der Waals surface area contributed by atoms with E-state index in [1.54, 1.807) is 0 Å². The molecule has 30 valence electrons. The zero-order chi connectivity index (χ0) is 3.58. The molecule has 0 saturated carbocycles. The summed E-state index contributed by atoms with van der Waals surface area (Å²) in [6.45, 7) is 0. The van der Waals surface area contributed by atoms with Crippen LogP contribution in [0.2, 0.25) is 0 Å². The third-order valence-electron chi connectivity index (χ3n) is 0. The van der Waals surface area contributed by atoms with E-state index < -0.39 is 7.32 Å². The second-order valence-electron chi connectivity index (χ2n) is 0.346. The molecular weight excluding hydrogens is 111 g/mol. The predicted molar refractivity (Wildman–Crippen MR) is 12.4 cm³/mol. The van der Waals surface area contributed by atoms with Crippen molar-refractivity contribution in [3.05, 3.63) is 0 Å². The summed E-state index contributed by atoms with van der Waals surface area (Å²) in [6, 6.07) is 0. The number of hydrogen-bond acceptors (Lipinski definition) is 3. The zero-order valence-electron chi connectivity index (χ0n) is 2.33. The Morgan fingerprint density at radius 3 is 1.00 bits per heavy atom. The van der Waals surface area contributed by atoms with Gasteiger partial charge in [-0.2, -0.15) is 0 Å². The summed E-state index contributed by atoms with van der Waals surface area (Å²) >= 11 is 0. The van der Waals surface area contributed by atoms with Crippen LogP contribution < -0.4 is 0 Å². The molecule has 0 amide bonds. The van der Waals surface area contributed by atoms with Gasteiger partial charge in [0.25, 0.3) is 0 Å². The van der Waals surface area contributed by atoms with Crippen LogP contribution in [-0.2, 0) is 17.4 Å². The first-order valence-electron chi connectivity index (χ1n) is 0.775. The quantitative estimate of drug-likeness (QED) is 0.317. The molecule has 3 N–H and O–H groups in total.